The Kier molecular flexibility index (Phi) is 7.90. The predicted molar refractivity (Wildman–Crippen MR) is 194 cm³/mol. The molecule has 0 atom stereocenters. The molecule has 0 unspecified atom stereocenters. The number of nitrogens with zero attached hydrogens (tertiary/aromatic N) is 3. The van der Waals surface area contributed by atoms with Crippen LogP contribution in [0.5, 0.6) is 0 Å². The average molecular weight is 756 g/mol. The van der Waals surface area contributed by atoms with E-state index in [-0.39, 0.29) is 44.7 Å². The molecular formula is C43H26F9N3. The van der Waals surface area contributed by atoms with E-state index in [1.807, 2.05) is 0 Å². The summed E-state index contributed by atoms with van der Waals surface area (Å²) >= 11 is 0. The Hall–Kier alpha value is -6.22. The first-order valence-corrected chi connectivity index (χ1v) is 16.9. The van der Waals surface area contributed by atoms with E-state index in [1.54, 1.807) is 50.2 Å². The number of aryl methyl sites for hydroxylation is 3. The monoisotopic (exact) mass is 755 g/mol. The largest absolute Gasteiger partial charge is 0.416 e. The third kappa shape index (κ3) is 5.95. The number of hydrogen-bond donors (Lipinski definition) is 0. The van der Waals surface area contributed by atoms with Crippen LogP contribution < -0.4 is 0 Å². The van der Waals surface area contributed by atoms with Crippen LogP contribution in [0, 0.1) is 32.1 Å². The minimum Gasteiger partial charge on any atom is -0.308 e. The Bertz CT molecular complexity index is 2770. The molecule has 0 N–H and O–H groups in total. The highest BCUT2D eigenvalue weighted by atomic mass is 19.4. The van der Waals surface area contributed by atoms with Gasteiger partial charge in [0.25, 0.3) is 0 Å². The standard InChI is InChI=1S/C43H26F9N3/c1-22-4-8-30-32-10-6-27(41(44,45)46)19-39(32)54(35(30)14-22)37-17-26(25-12-24(3)13-29(16-25)43(50,51)52)18-38(34(37)21-53)55-36-15-23(2)5-9-31(36)33-11-7-28(20-40(33)55)42(47,48)49/h4-20H,1-3H3. The summed E-state index contributed by atoms with van der Waals surface area (Å²) in [5, 5.41) is 12.9. The summed E-state index contributed by atoms with van der Waals surface area (Å²) in [4.78, 5) is 0. The molecule has 0 saturated heterocycles. The number of rotatable bonds is 3. The van der Waals surface area contributed by atoms with Gasteiger partial charge in [-0.2, -0.15) is 44.8 Å². The number of benzene rings is 6. The second kappa shape index (κ2) is 12.1. The minimum absolute atomic E-state index is 0.0182. The van der Waals surface area contributed by atoms with Gasteiger partial charge in [0.15, 0.2) is 0 Å². The highest BCUT2D eigenvalue weighted by molar-refractivity contribution is 6.11. The molecule has 2 heterocycles. The van der Waals surface area contributed by atoms with Crippen molar-refractivity contribution in [2.45, 2.75) is 39.3 Å². The van der Waals surface area contributed by atoms with Gasteiger partial charge in [-0.15, -0.1) is 0 Å². The van der Waals surface area contributed by atoms with Crippen LogP contribution >= 0.6 is 0 Å². The summed E-state index contributed by atoms with van der Waals surface area (Å²) < 4.78 is 131. The molecule has 0 radical (unpaired) electrons. The molecule has 6 aromatic carbocycles. The molecular weight excluding hydrogens is 729 g/mol. The molecule has 0 aliphatic rings. The van der Waals surface area contributed by atoms with E-state index in [2.05, 4.69) is 6.07 Å². The lowest BCUT2D eigenvalue weighted by Crippen LogP contribution is -2.08. The van der Waals surface area contributed by atoms with Crippen LogP contribution in [0.15, 0.2) is 103 Å². The van der Waals surface area contributed by atoms with Crippen molar-refractivity contribution >= 4 is 43.6 Å². The second-order valence-electron chi connectivity index (χ2n) is 13.8. The number of nitriles is 1. The van der Waals surface area contributed by atoms with Crippen LogP contribution in [0.1, 0.15) is 38.9 Å². The topological polar surface area (TPSA) is 33.6 Å². The molecule has 8 aromatic rings. The fraction of sp³-hybridized carbons (Fsp3) is 0.140. The first kappa shape index (κ1) is 35.8. The van der Waals surface area contributed by atoms with Crippen LogP contribution in [-0.4, -0.2) is 9.13 Å². The number of halogens is 9. The molecule has 0 aliphatic heterocycles. The maximum Gasteiger partial charge on any atom is 0.416 e. The summed E-state index contributed by atoms with van der Waals surface area (Å²) in [6, 6.07) is 25.4. The van der Waals surface area contributed by atoms with Gasteiger partial charge in [0.1, 0.15) is 11.6 Å². The van der Waals surface area contributed by atoms with Gasteiger partial charge < -0.3 is 9.13 Å². The molecule has 55 heavy (non-hydrogen) atoms. The molecule has 8 rings (SSSR count). The van der Waals surface area contributed by atoms with E-state index in [4.69, 9.17) is 0 Å². The molecule has 12 heteroatoms. The van der Waals surface area contributed by atoms with Crippen molar-refractivity contribution in [1.82, 2.24) is 9.13 Å². The molecule has 0 amide bonds. The van der Waals surface area contributed by atoms with Crippen molar-refractivity contribution < 1.29 is 39.5 Å². The fourth-order valence-electron chi connectivity index (χ4n) is 7.49. The van der Waals surface area contributed by atoms with Gasteiger partial charge >= 0.3 is 18.5 Å². The quantitative estimate of drug-likeness (QED) is 0.165. The SMILES string of the molecule is Cc1cc(-c2cc(-n3c4cc(C)ccc4c4ccc(C(F)(F)F)cc43)c(C#N)c(-n3c4cc(C)ccc4c4ccc(C(F)(F)F)cc43)c2)cc(C(F)(F)F)c1. The Balaban J connectivity index is 1.60. The number of hydrogen-bond acceptors (Lipinski definition) is 1. The molecule has 0 spiro atoms. The Morgan fingerprint density at radius 3 is 1.20 bits per heavy atom. The summed E-state index contributed by atoms with van der Waals surface area (Å²) in [6.45, 7) is 5.03. The summed E-state index contributed by atoms with van der Waals surface area (Å²) in [6.07, 6.45) is -14.2. The van der Waals surface area contributed by atoms with Crippen LogP contribution in [0.4, 0.5) is 39.5 Å². The first-order valence-electron chi connectivity index (χ1n) is 16.9. The van der Waals surface area contributed by atoms with Crippen molar-refractivity contribution in [2.24, 2.45) is 0 Å². The lowest BCUT2D eigenvalue weighted by Gasteiger charge is -2.20. The van der Waals surface area contributed by atoms with Gasteiger partial charge in [-0.25, -0.2) is 0 Å². The van der Waals surface area contributed by atoms with E-state index < -0.39 is 35.2 Å². The van der Waals surface area contributed by atoms with E-state index >= 15 is 0 Å². The zero-order valence-electron chi connectivity index (χ0n) is 29.1. The second-order valence-corrected chi connectivity index (χ2v) is 13.8. The van der Waals surface area contributed by atoms with Crippen LogP contribution in [0.25, 0.3) is 66.1 Å². The van der Waals surface area contributed by atoms with Gasteiger partial charge in [0.2, 0.25) is 0 Å². The highest BCUT2D eigenvalue weighted by Gasteiger charge is 2.34. The number of alkyl halides is 9. The number of aromatic nitrogens is 2. The third-order valence-electron chi connectivity index (χ3n) is 9.93. The Morgan fingerprint density at radius 1 is 0.418 bits per heavy atom. The summed E-state index contributed by atoms with van der Waals surface area (Å²) in [5.41, 5.74) is -0.134. The predicted octanol–water partition coefficient (Wildman–Crippen LogP) is 13.4. The van der Waals surface area contributed by atoms with Crippen LogP contribution in [0.2, 0.25) is 0 Å². The van der Waals surface area contributed by atoms with E-state index in [0.29, 0.717) is 32.6 Å². The van der Waals surface area contributed by atoms with Gasteiger partial charge in [-0.1, -0.05) is 42.5 Å². The van der Waals surface area contributed by atoms with Crippen molar-refractivity contribution in [3.05, 3.63) is 142 Å². The lowest BCUT2D eigenvalue weighted by molar-refractivity contribution is -0.138. The van der Waals surface area contributed by atoms with Crippen molar-refractivity contribution in [2.75, 3.05) is 0 Å². The zero-order chi connectivity index (χ0) is 39.4. The van der Waals surface area contributed by atoms with Gasteiger partial charge in [-0.05, 0) is 109 Å². The highest BCUT2D eigenvalue weighted by Crippen LogP contribution is 2.44. The molecule has 276 valence electrons. The smallest absolute Gasteiger partial charge is 0.308 e. The Labute approximate surface area is 307 Å². The van der Waals surface area contributed by atoms with Gasteiger partial charge in [0.05, 0.1) is 50.1 Å². The van der Waals surface area contributed by atoms with Crippen molar-refractivity contribution in [3.8, 4) is 28.6 Å². The molecule has 0 saturated carbocycles. The molecule has 0 fully saturated rings. The van der Waals surface area contributed by atoms with Crippen LogP contribution in [0.3, 0.4) is 0 Å². The normalized spacial score (nSPS) is 12.7. The van der Waals surface area contributed by atoms with Crippen molar-refractivity contribution in [1.29, 1.82) is 5.26 Å². The molecule has 3 nitrogen and oxygen atoms in total. The summed E-state index contributed by atoms with van der Waals surface area (Å²) in [5.74, 6) is 0. The maximum absolute atomic E-state index is 14.2. The first-order chi connectivity index (χ1) is 25.8. The molecule has 2 aromatic heterocycles. The van der Waals surface area contributed by atoms with E-state index in [1.165, 1.54) is 46.4 Å². The maximum atomic E-state index is 14.2. The van der Waals surface area contributed by atoms with Gasteiger partial charge in [0, 0.05) is 21.5 Å². The van der Waals surface area contributed by atoms with Crippen molar-refractivity contribution in [3.63, 3.8) is 0 Å². The van der Waals surface area contributed by atoms with Gasteiger partial charge in [-0.3, -0.25) is 0 Å². The van der Waals surface area contributed by atoms with E-state index in [9.17, 15) is 44.8 Å². The summed E-state index contributed by atoms with van der Waals surface area (Å²) in [7, 11) is 0. The Morgan fingerprint density at radius 2 is 0.800 bits per heavy atom. The van der Waals surface area contributed by atoms with E-state index in [0.717, 1.165) is 47.5 Å². The lowest BCUT2D eigenvalue weighted by atomic mass is 9.96. The van der Waals surface area contributed by atoms with Crippen LogP contribution in [-0.2, 0) is 18.5 Å². The zero-order valence-corrected chi connectivity index (χ0v) is 29.1. The average Bonchev–Trinajstić information content (AvgIpc) is 3.60. The molecule has 0 bridgehead atoms. The third-order valence-corrected chi connectivity index (χ3v) is 9.93. The minimum atomic E-state index is -4.75. The molecule has 0 aliphatic carbocycles. The number of fused-ring (bicyclic) bond motifs is 6. The fourth-order valence-corrected chi connectivity index (χ4v) is 7.49.